The highest BCUT2D eigenvalue weighted by Crippen LogP contribution is 2.38. The van der Waals surface area contributed by atoms with Crippen LogP contribution in [0, 0.1) is 11.8 Å². The molecule has 3 aliphatic rings. The molecule has 5 nitrogen and oxygen atoms in total. The summed E-state index contributed by atoms with van der Waals surface area (Å²) < 4.78 is 0. The molecule has 3 fully saturated rings. The minimum atomic E-state index is -0.325. The number of rotatable bonds is 1. The van der Waals surface area contributed by atoms with Gasteiger partial charge in [-0.25, -0.2) is 0 Å². The van der Waals surface area contributed by atoms with Gasteiger partial charge in [0.2, 0.25) is 11.8 Å². The van der Waals surface area contributed by atoms with Gasteiger partial charge in [0.15, 0.2) is 0 Å². The van der Waals surface area contributed by atoms with Gasteiger partial charge in [0.1, 0.15) is 6.04 Å². The molecule has 1 aliphatic carbocycles. The first-order valence-corrected chi connectivity index (χ1v) is 7.00. The van der Waals surface area contributed by atoms with Crippen molar-refractivity contribution in [3.8, 4) is 0 Å². The Bertz CT molecular complexity index is 371. The van der Waals surface area contributed by atoms with Crippen LogP contribution in [0.25, 0.3) is 0 Å². The van der Waals surface area contributed by atoms with E-state index in [0.717, 1.165) is 13.0 Å². The predicted octanol–water partition coefficient (Wildman–Crippen LogP) is -0.279. The van der Waals surface area contributed by atoms with E-state index in [2.05, 4.69) is 10.6 Å². The van der Waals surface area contributed by atoms with Crippen LogP contribution >= 0.6 is 0 Å². The van der Waals surface area contributed by atoms with Crippen molar-refractivity contribution in [2.24, 2.45) is 11.8 Å². The van der Waals surface area contributed by atoms with Gasteiger partial charge >= 0.3 is 0 Å². The van der Waals surface area contributed by atoms with Gasteiger partial charge in [-0.15, -0.1) is 0 Å². The highest BCUT2D eigenvalue weighted by Gasteiger charge is 2.45. The van der Waals surface area contributed by atoms with Gasteiger partial charge in [-0.05, 0) is 38.1 Å². The number of carbonyl (C=O) groups is 2. The molecule has 2 heterocycles. The molecule has 2 aliphatic heterocycles. The fraction of sp³-hybridized carbons (Fsp3) is 0.846. The van der Waals surface area contributed by atoms with Gasteiger partial charge in [0.05, 0.1) is 6.04 Å². The third kappa shape index (κ3) is 1.81. The van der Waals surface area contributed by atoms with Gasteiger partial charge in [-0.1, -0.05) is 6.42 Å². The highest BCUT2D eigenvalue weighted by molar-refractivity contribution is 5.91. The molecule has 3 rings (SSSR count). The molecular formula is C13H21N3O2. The monoisotopic (exact) mass is 251 g/mol. The molecule has 5 heteroatoms. The van der Waals surface area contributed by atoms with E-state index in [1.807, 2.05) is 6.92 Å². The van der Waals surface area contributed by atoms with Crippen LogP contribution < -0.4 is 10.6 Å². The number of amides is 2. The smallest absolute Gasteiger partial charge is 0.242 e. The lowest BCUT2D eigenvalue weighted by Gasteiger charge is -2.35. The Morgan fingerprint density at radius 1 is 1.39 bits per heavy atom. The largest absolute Gasteiger partial charge is 0.353 e. The molecule has 4 atom stereocenters. The zero-order chi connectivity index (χ0) is 12.7. The van der Waals surface area contributed by atoms with E-state index in [0.29, 0.717) is 24.9 Å². The van der Waals surface area contributed by atoms with Crippen molar-refractivity contribution in [1.29, 1.82) is 0 Å². The molecule has 0 bridgehead atoms. The van der Waals surface area contributed by atoms with Crippen molar-refractivity contribution >= 4 is 11.8 Å². The molecule has 18 heavy (non-hydrogen) atoms. The number of hydrogen-bond acceptors (Lipinski definition) is 3. The Morgan fingerprint density at radius 2 is 2.22 bits per heavy atom. The maximum Gasteiger partial charge on any atom is 0.242 e. The summed E-state index contributed by atoms with van der Waals surface area (Å²) in [5, 5.41) is 6.17. The summed E-state index contributed by atoms with van der Waals surface area (Å²) in [5.74, 6) is 1.27. The first-order valence-electron chi connectivity index (χ1n) is 7.00. The van der Waals surface area contributed by atoms with Crippen LogP contribution in [0.1, 0.15) is 26.2 Å². The molecule has 0 aromatic heterocycles. The van der Waals surface area contributed by atoms with Crippen LogP contribution in [-0.4, -0.2) is 48.4 Å². The minimum absolute atomic E-state index is 0.0319. The average Bonchev–Trinajstić information content (AvgIpc) is 2.94. The summed E-state index contributed by atoms with van der Waals surface area (Å²) in [7, 11) is 0. The first-order chi connectivity index (χ1) is 8.68. The standard InChI is InChI=1S/C13H21N3O2/c1-8-12(17)14-5-6-16(8)13(18)11-10-4-2-3-9(10)7-15-11/h8-11,15H,2-7H2,1H3,(H,14,17). The SMILES string of the molecule is CC1C(=O)NCCN1C(=O)C1NCC2CCCC21. The number of carbonyl (C=O) groups excluding carboxylic acids is 2. The van der Waals surface area contributed by atoms with Crippen molar-refractivity contribution in [3.63, 3.8) is 0 Å². The number of nitrogens with zero attached hydrogens (tertiary/aromatic N) is 1. The number of piperazine rings is 1. The van der Waals surface area contributed by atoms with Gasteiger partial charge in [-0.2, -0.15) is 0 Å². The third-order valence-corrected chi connectivity index (χ3v) is 4.79. The third-order valence-electron chi connectivity index (χ3n) is 4.79. The van der Waals surface area contributed by atoms with Gasteiger partial charge in [-0.3, -0.25) is 9.59 Å². The van der Waals surface area contributed by atoms with Crippen LogP contribution in [0.5, 0.6) is 0 Å². The Balaban J connectivity index is 1.72. The summed E-state index contributed by atoms with van der Waals surface area (Å²) in [6.45, 7) is 4.00. The van der Waals surface area contributed by atoms with Crippen molar-refractivity contribution < 1.29 is 9.59 Å². The molecule has 2 amide bonds. The second-order valence-corrected chi connectivity index (χ2v) is 5.74. The van der Waals surface area contributed by atoms with E-state index in [-0.39, 0.29) is 23.9 Å². The normalized spacial score (nSPS) is 39.6. The van der Waals surface area contributed by atoms with E-state index in [9.17, 15) is 9.59 Å². The van der Waals surface area contributed by atoms with E-state index in [4.69, 9.17) is 0 Å². The summed E-state index contributed by atoms with van der Waals surface area (Å²) in [5.41, 5.74) is 0. The Morgan fingerprint density at radius 3 is 3.06 bits per heavy atom. The van der Waals surface area contributed by atoms with Crippen LogP contribution in [0.15, 0.2) is 0 Å². The molecular weight excluding hydrogens is 230 g/mol. The second-order valence-electron chi connectivity index (χ2n) is 5.74. The van der Waals surface area contributed by atoms with Crippen molar-refractivity contribution in [3.05, 3.63) is 0 Å². The maximum atomic E-state index is 12.6. The number of fused-ring (bicyclic) bond motifs is 1. The van der Waals surface area contributed by atoms with Crippen molar-refractivity contribution in [1.82, 2.24) is 15.5 Å². The van der Waals surface area contributed by atoms with Crippen LogP contribution in [0.4, 0.5) is 0 Å². The summed E-state index contributed by atoms with van der Waals surface area (Å²) >= 11 is 0. The topological polar surface area (TPSA) is 61.4 Å². The lowest BCUT2D eigenvalue weighted by Crippen LogP contribution is -2.59. The zero-order valence-corrected chi connectivity index (χ0v) is 10.8. The molecule has 4 unspecified atom stereocenters. The molecule has 1 saturated carbocycles. The lowest BCUT2D eigenvalue weighted by atomic mass is 9.93. The molecule has 2 N–H and O–H groups in total. The van der Waals surface area contributed by atoms with E-state index in [1.165, 1.54) is 12.8 Å². The molecule has 2 saturated heterocycles. The second kappa shape index (κ2) is 4.53. The molecule has 0 spiro atoms. The summed E-state index contributed by atoms with van der Waals surface area (Å²) in [4.78, 5) is 26.0. The summed E-state index contributed by atoms with van der Waals surface area (Å²) in [6.07, 6.45) is 3.65. The lowest BCUT2D eigenvalue weighted by molar-refractivity contribution is -0.144. The predicted molar refractivity (Wildman–Crippen MR) is 66.8 cm³/mol. The number of hydrogen-bond donors (Lipinski definition) is 2. The quantitative estimate of drug-likeness (QED) is 0.674. The van der Waals surface area contributed by atoms with E-state index < -0.39 is 0 Å². The van der Waals surface area contributed by atoms with Crippen LogP contribution in [-0.2, 0) is 9.59 Å². The van der Waals surface area contributed by atoms with E-state index >= 15 is 0 Å². The highest BCUT2D eigenvalue weighted by atomic mass is 16.2. The summed E-state index contributed by atoms with van der Waals surface area (Å²) in [6, 6.07) is -0.376. The Kier molecular flexibility index (Phi) is 3.01. The number of nitrogens with one attached hydrogen (secondary N) is 2. The van der Waals surface area contributed by atoms with Crippen molar-refractivity contribution in [2.45, 2.75) is 38.3 Å². The van der Waals surface area contributed by atoms with Crippen molar-refractivity contribution in [2.75, 3.05) is 19.6 Å². The fourth-order valence-electron chi connectivity index (χ4n) is 3.72. The Hall–Kier alpha value is -1.10. The first kappa shape index (κ1) is 12.0. The maximum absolute atomic E-state index is 12.6. The van der Waals surface area contributed by atoms with Gasteiger partial charge < -0.3 is 15.5 Å². The van der Waals surface area contributed by atoms with E-state index in [1.54, 1.807) is 4.90 Å². The fourth-order valence-corrected chi connectivity index (χ4v) is 3.72. The Labute approximate surface area is 107 Å². The molecule has 0 aromatic carbocycles. The van der Waals surface area contributed by atoms with Gasteiger partial charge in [0.25, 0.3) is 0 Å². The average molecular weight is 251 g/mol. The molecule has 100 valence electrons. The molecule has 0 radical (unpaired) electrons. The van der Waals surface area contributed by atoms with Gasteiger partial charge in [0, 0.05) is 13.1 Å². The molecule has 0 aromatic rings. The van der Waals surface area contributed by atoms with Crippen LogP contribution in [0.3, 0.4) is 0 Å². The minimum Gasteiger partial charge on any atom is -0.353 e. The zero-order valence-electron chi connectivity index (χ0n) is 10.8. The van der Waals surface area contributed by atoms with Crippen LogP contribution in [0.2, 0.25) is 0 Å².